The minimum atomic E-state index is -0.0242. The van der Waals surface area contributed by atoms with Crippen molar-refractivity contribution in [3.05, 3.63) is 57.5 Å². The number of oxime groups is 1. The van der Waals surface area contributed by atoms with Crippen LogP contribution in [0, 0.1) is 0 Å². The Kier molecular flexibility index (Phi) is 4.29. The Hall–Kier alpha value is -1.72. The minimum absolute atomic E-state index is 0.0242. The first-order chi connectivity index (χ1) is 9.11. The second kappa shape index (κ2) is 5.95. The van der Waals surface area contributed by atoms with Gasteiger partial charge in [0, 0.05) is 4.47 Å². The molecule has 0 aliphatic rings. The zero-order valence-corrected chi connectivity index (χ0v) is 12.0. The Bertz CT molecular complexity index is 632. The number of benzene rings is 2. The summed E-state index contributed by atoms with van der Waals surface area (Å²) in [5.74, 6) is 0.925. The Labute approximate surface area is 123 Å². The van der Waals surface area contributed by atoms with Gasteiger partial charge in [0.05, 0.1) is 10.6 Å². The van der Waals surface area contributed by atoms with Crippen molar-refractivity contribution in [2.75, 3.05) is 0 Å². The molecule has 3 N–H and O–H groups in total. The van der Waals surface area contributed by atoms with Gasteiger partial charge in [-0.3, -0.25) is 0 Å². The maximum absolute atomic E-state index is 8.74. The fourth-order valence-corrected chi connectivity index (χ4v) is 2.21. The van der Waals surface area contributed by atoms with Crippen molar-refractivity contribution in [1.29, 1.82) is 0 Å². The first kappa shape index (κ1) is 13.7. The van der Waals surface area contributed by atoms with E-state index in [1.54, 1.807) is 36.4 Å². The lowest BCUT2D eigenvalue weighted by molar-refractivity contribution is 0.318. The van der Waals surface area contributed by atoms with Gasteiger partial charge in [0.1, 0.15) is 11.5 Å². The molecule has 2 aromatic carbocycles. The van der Waals surface area contributed by atoms with E-state index in [1.807, 2.05) is 6.07 Å². The predicted molar refractivity (Wildman–Crippen MR) is 78.2 cm³/mol. The largest absolute Gasteiger partial charge is 0.455 e. The summed E-state index contributed by atoms with van der Waals surface area (Å²) in [5.41, 5.74) is 6.08. The molecule has 19 heavy (non-hydrogen) atoms. The number of nitrogens with two attached hydrogens (primary N) is 1. The van der Waals surface area contributed by atoms with Gasteiger partial charge in [-0.15, -0.1) is 0 Å². The van der Waals surface area contributed by atoms with E-state index < -0.39 is 0 Å². The van der Waals surface area contributed by atoms with Crippen LogP contribution < -0.4 is 10.5 Å². The number of amidine groups is 1. The average molecular weight is 342 g/mol. The predicted octanol–water partition coefficient (Wildman–Crippen LogP) is 3.99. The summed E-state index contributed by atoms with van der Waals surface area (Å²) in [4.78, 5) is 0. The maximum Gasteiger partial charge on any atom is 0.173 e. The Morgan fingerprint density at radius 3 is 2.63 bits per heavy atom. The van der Waals surface area contributed by atoms with Crippen LogP contribution >= 0.6 is 27.5 Å². The van der Waals surface area contributed by atoms with Crippen molar-refractivity contribution in [3.8, 4) is 11.5 Å². The summed E-state index contributed by atoms with van der Waals surface area (Å²) in [7, 11) is 0. The van der Waals surface area contributed by atoms with Crippen LogP contribution in [0.3, 0.4) is 0 Å². The van der Waals surface area contributed by atoms with Crippen molar-refractivity contribution < 1.29 is 9.94 Å². The molecule has 4 nitrogen and oxygen atoms in total. The second-order valence-electron chi connectivity index (χ2n) is 3.66. The molecule has 0 aliphatic carbocycles. The molecule has 0 aromatic heterocycles. The molecular weight excluding hydrogens is 332 g/mol. The number of hydrogen-bond acceptors (Lipinski definition) is 3. The zero-order valence-electron chi connectivity index (χ0n) is 9.68. The van der Waals surface area contributed by atoms with Crippen LogP contribution in [0.15, 0.2) is 52.1 Å². The number of rotatable bonds is 3. The van der Waals surface area contributed by atoms with E-state index in [-0.39, 0.29) is 5.84 Å². The normalized spacial score (nSPS) is 11.4. The average Bonchev–Trinajstić information content (AvgIpc) is 2.41. The van der Waals surface area contributed by atoms with Crippen molar-refractivity contribution in [2.24, 2.45) is 10.9 Å². The van der Waals surface area contributed by atoms with E-state index in [0.717, 1.165) is 4.47 Å². The first-order valence-electron chi connectivity index (χ1n) is 5.31. The van der Waals surface area contributed by atoms with E-state index in [9.17, 15) is 0 Å². The molecule has 0 amide bonds. The van der Waals surface area contributed by atoms with E-state index in [0.29, 0.717) is 22.1 Å². The molecular formula is C13H10BrClN2O2. The fourth-order valence-electron chi connectivity index (χ4n) is 1.50. The third-order valence-electron chi connectivity index (χ3n) is 2.38. The van der Waals surface area contributed by atoms with Crippen molar-refractivity contribution >= 4 is 33.4 Å². The molecule has 2 aromatic rings. The van der Waals surface area contributed by atoms with Gasteiger partial charge in [-0.25, -0.2) is 0 Å². The van der Waals surface area contributed by atoms with Gasteiger partial charge in [0.15, 0.2) is 5.84 Å². The Morgan fingerprint density at radius 2 is 1.95 bits per heavy atom. The lowest BCUT2D eigenvalue weighted by Crippen LogP contribution is -2.14. The van der Waals surface area contributed by atoms with Crippen LogP contribution in [0.2, 0.25) is 5.02 Å². The van der Waals surface area contributed by atoms with E-state index in [2.05, 4.69) is 21.1 Å². The van der Waals surface area contributed by atoms with Crippen LogP contribution in [0.5, 0.6) is 11.5 Å². The number of ether oxygens (including phenoxy) is 1. The van der Waals surface area contributed by atoms with Crippen LogP contribution in [-0.2, 0) is 0 Å². The van der Waals surface area contributed by atoms with Crippen LogP contribution in [-0.4, -0.2) is 11.0 Å². The summed E-state index contributed by atoms with van der Waals surface area (Å²) in [5, 5.41) is 12.2. The highest BCUT2D eigenvalue weighted by Gasteiger charge is 2.10. The second-order valence-corrected chi connectivity index (χ2v) is 4.98. The molecule has 0 saturated carbocycles. The van der Waals surface area contributed by atoms with Gasteiger partial charge in [-0.05, 0) is 30.3 Å². The van der Waals surface area contributed by atoms with Gasteiger partial charge in [0.2, 0.25) is 0 Å². The summed E-state index contributed by atoms with van der Waals surface area (Å²) in [6.07, 6.45) is 0. The van der Waals surface area contributed by atoms with E-state index >= 15 is 0 Å². The highest BCUT2D eigenvalue weighted by Crippen LogP contribution is 2.33. The van der Waals surface area contributed by atoms with Crippen molar-refractivity contribution in [1.82, 2.24) is 0 Å². The highest BCUT2D eigenvalue weighted by molar-refractivity contribution is 9.10. The molecule has 0 heterocycles. The van der Waals surface area contributed by atoms with Crippen LogP contribution in [0.4, 0.5) is 0 Å². The van der Waals surface area contributed by atoms with Crippen LogP contribution in [0.25, 0.3) is 0 Å². The number of nitrogens with zero attached hydrogens (tertiary/aromatic N) is 1. The highest BCUT2D eigenvalue weighted by atomic mass is 79.9. The summed E-state index contributed by atoms with van der Waals surface area (Å²) < 4.78 is 6.55. The smallest absolute Gasteiger partial charge is 0.173 e. The van der Waals surface area contributed by atoms with Gasteiger partial charge in [-0.1, -0.05) is 44.8 Å². The molecule has 0 bridgehead atoms. The standard InChI is InChI=1S/C13H10BrClN2O2/c14-8-5-6-12(10(15)7-8)19-11-4-2-1-3-9(11)13(16)17-18/h1-7,18H,(H2,16,17). The summed E-state index contributed by atoms with van der Waals surface area (Å²) in [6, 6.07) is 12.2. The van der Waals surface area contributed by atoms with Crippen molar-refractivity contribution in [3.63, 3.8) is 0 Å². The summed E-state index contributed by atoms with van der Waals surface area (Å²) >= 11 is 9.40. The molecule has 0 saturated heterocycles. The van der Waals surface area contributed by atoms with Crippen LogP contribution in [0.1, 0.15) is 5.56 Å². The molecule has 0 aliphatic heterocycles. The third kappa shape index (κ3) is 3.19. The lowest BCUT2D eigenvalue weighted by Gasteiger charge is -2.11. The SMILES string of the molecule is N/C(=N\O)c1ccccc1Oc1ccc(Br)cc1Cl. The topological polar surface area (TPSA) is 67.8 Å². The Morgan fingerprint density at radius 1 is 1.21 bits per heavy atom. The van der Waals surface area contributed by atoms with Crippen molar-refractivity contribution in [2.45, 2.75) is 0 Å². The summed E-state index contributed by atoms with van der Waals surface area (Å²) in [6.45, 7) is 0. The van der Waals surface area contributed by atoms with Gasteiger partial charge in [-0.2, -0.15) is 0 Å². The fraction of sp³-hybridized carbons (Fsp3) is 0. The number of hydrogen-bond donors (Lipinski definition) is 2. The lowest BCUT2D eigenvalue weighted by atomic mass is 10.2. The molecule has 0 spiro atoms. The molecule has 0 atom stereocenters. The molecule has 0 unspecified atom stereocenters. The van der Waals surface area contributed by atoms with Gasteiger partial charge < -0.3 is 15.7 Å². The minimum Gasteiger partial charge on any atom is -0.455 e. The quantitative estimate of drug-likeness (QED) is 0.384. The molecule has 6 heteroatoms. The zero-order chi connectivity index (χ0) is 13.8. The monoisotopic (exact) mass is 340 g/mol. The third-order valence-corrected chi connectivity index (χ3v) is 3.17. The number of para-hydroxylation sites is 1. The van der Waals surface area contributed by atoms with E-state index in [4.69, 9.17) is 27.3 Å². The molecule has 98 valence electrons. The molecule has 2 rings (SSSR count). The Balaban J connectivity index is 2.38. The van der Waals surface area contributed by atoms with Gasteiger partial charge in [0.25, 0.3) is 0 Å². The number of halogens is 2. The van der Waals surface area contributed by atoms with E-state index in [1.165, 1.54) is 0 Å². The van der Waals surface area contributed by atoms with Gasteiger partial charge >= 0.3 is 0 Å². The maximum atomic E-state index is 8.74. The molecule has 0 radical (unpaired) electrons. The first-order valence-corrected chi connectivity index (χ1v) is 6.48. The molecule has 0 fully saturated rings.